The van der Waals surface area contributed by atoms with Crippen LogP contribution < -0.4 is 15.4 Å². The van der Waals surface area contributed by atoms with Crippen LogP contribution in [0.4, 0.5) is 5.69 Å². The number of piperidine rings is 1. The average Bonchev–Trinajstić information content (AvgIpc) is 2.69. The van der Waals surface area contributed by atoms with E-state index in [0.29, 0.717) is 49.4 Å². The maximum atomic E-state index is 12.7. The summed E-state index contributed by atoms with van der Waals surface area (Å²) in [6.07, 6.45) is 1.41. The number of amides is 3. The molecule has 0 saturated carbocycles. The predicted molar refractivity (Wildman–Crippen MR) is 97.4 cm³/mol. The van der Waals surface area contributed by atoms with Gasteiger partial charge in [0, 0.05) is 31.0 Å². The fourth-order valence-corrected chi connectivity index (χ4v) is 3.40. The molecule has 1 saturated heterocycles. The second-order valence-corrected chi connectivity index (χ2v) is 6.79. The molecule has 27 heavy (non-hydrogen) atoms. The molecule has 2 aliphatic rings. The molecule has 1 fully saturated rings. The third-order valence-corrected chi connectivity index (χ3v) is 5.09. The summed E-state index contributed by atoms with van der Waals surface area (Å²) < 4.78 is 5.42. The van der Waals surface area contributed by atoms with Crippen molar-refractivity contribution in [3.05, 3.63) is 23.8 Å². The number of Topliss-reactive ketones (excluding diaryl/α,β-unsaturated/α-hetero) is 1. The number of nitrogens with two attached hydrogens (primary N) is 1. The number of carbonyl (C=O) groups excluding carboxylic acids is 4. The van der Waals surface area contributed by atoms with E-state index in [1.165, 1.54) is 4.90 Å². The van der Waals surface area contributed by atoms with Crippen molar-refractivity contribution < 1.29 is 23.9 Å². The number of likely N-dealkylation sites (tertiary alicyclic amines) is 1. The zero-order chi connectivity index (χ0) is 19.6. The first-order valence-electron chi connectivity index (χ1n) is 9.08. The highest BCUT2D eigenvalue weighted by molar-refractivity contribution is 6.04. The van der Waals surface area contributed by atoms with E-state index in [-0.39, 0.29) is 42.6 Å². The molecule has 0 atom stereocenters. The number of ketones is 1. The summed E-state index contributed by atoms with van der Waals surface area (Å²) in [4.78, 5) is 51.3. The number of ether oxygens (including phenoxy) is 1. The van der Waals surface area contributed by atoms with Crippen LogP contribution in [0.1, 0.15) is 36.5 Å². The first-order valence-corrected chi connectivity index (χ1v) is 9.08. The van der Waals surface area contributed by atoms with Gasteiger partial charge in [0.25, 0.3) is 5.91 Å². The zero-order valence-electron chi connectivity index (χ0n) is 15.3. The number of rotatable bonds is 5. The van der Waals surface area contributed by atoms with Gasteiger partial charge in [-0.3, -0.25) is 24.1 Å². The number of anilines is 1. The van der Waals surface area contributed by atoms with E-state index < -0.39 is 0 Å². The lowest BCUT2D eigenvalue weighted by molar-refractivity contribution is -0.134. The van der Waals surface area contributed by atoms with Gasteiger partial charge in [-0.2, -0.15) is 0 Å². The number of hydrogen-bond acceptors (Lipinski definition) is 5. The minimum atomic E-state index is -0.340. The number of carbonyl (C=O) groups is 4. The fourth-order valence-electron chi connectivity index (χ4n) is 3.40. The number of hydrogen-bond donors (Lipinski definition) is 1. The van der Waals surface area contributed by atoms with E-state index in [0.717, 1.165) is 0 Å². The summed E-state index contributed by atoms with van der Waals surface area (Å²) in [5.41, 5.74) is 6.24. The summed E-state index contributed by atoms with van der Waals surface area (Å²) in [6, 6.07) is 4.92. The Kier molecular flexibility index (Phi) is 5.43. The first kappa shape index (κ1) is 18.9. The molecule has 8 heteroatoms. The summed E-state index contributed by atoms with van der Waals surface area (Å²) in [5.74, 6) is -0.650. The van der Waals surface area contributed by atoms with Crippen molar-refractivity contribution in [2.45, 2.75) is 26.2 Å². The Bertz CT molecular complexity index is 784. The van der Waals surface area contributed by atoms with Crippen LogP contribution in [0.15, 0.2) is 18.2 Å². The normalized spacial score (nSPS) is 17.3. The molecule has 0 aliphatic carbocycles. The topological polar surface area (TPSA) is 110 Å². The zero-order valence-corrected chi connectivity index (χ0v) is 15.3. The molecule has 2 aliphatic heterocycles. The predicted octanol–water partition coefficient (Wildman–Crippen LogP) is 0.729. The van der Waals surface area contributed by atoms with Crippen LogP contribution in [0.25, 0.3) is 0 Å². The van der Waals surface area contributed by atoms with Crippen LogP contribution in [0.3, 0.4) is 0 Å². The molecular weight excluding hydrogens is 350 g/mol. The highest BCUT2D eigenvalue weighted by atomic mass is 16.5. The van der Waals surface area contributed by atoms with Crippen molar-refractivity contribution in [3.8, 4) is 5.75 Å². The minimum Gasteiger partial charge on any atom is -0.482 e. The number of benzene rings is 1. The molecule has 8 nitrogen and oxygen atoms in total. The molecule has 0 spiro atoms. The van der Waals surface area contributed by atoms with Gasteiger partial charge in [0.1, 0.15) is 12.3 Å². The summed E-state index contributed by atoms with van der Waals surface area (Å²) >= 11 is 0. The van der Waals surface area contributed by atoms with Gasteiger partial charge in [-0.1, -0.05) is 6.92 Å². The Balaban J connectivity index is 1.75. The van der Waals surface area contributed by atoms with E-state index >= 15 is 0 Å². The van der Waals surface area contributed by atoms with Crippen molar-refractivity contribution in [2.75, 3.05) is 31.1 Å². The van der Waals surface area contributed by atoms with Gasteiger partial charge >= 0.3 is 0 Å². The Morgan fingerprint density at radius 3 is 2.56 bits per heavy atom. The quantitative estimate of drug-likeness (QED) is 0.765. The van der Waals surface area contributed by atoms with Crippen LogP contribution in [-0.2, 0) is 14.4 Å². The van der Waals surface area contributed by atoms with Gasteiger partial charge in [-0.25, -0.2) is 0 Å². The van der Waals surface area contributed by atoms with Crippen LogP contribution in [0, 0.1) is 5.92 Å². The summed E-state index contributed by atoms with van der Waals surface area (Å²) in [5, 5.41) is 0. The number of fused-ring (bicyclic) bond motifs is 1. The largest absolute Gasteiger partial charge is 0.482 e. The molecule has 0 aromatic heterocycles. The molecule has 3 rings (SSSR count). The molecule has 0 bridgehead atoms. The summed E-state index contributed by atoms with van der Waals surface area (Å²) in [6.45, 7) is 2.37. The lowest BCUT2D eigenvalue weighted by Crippen LogP contribution is -2.49. The maximum Gasteiger partial charge on any atom is 0.265 e. The van der Waals surface area contributed by atoms with Gasteiger partial charge in [-0.15, -0.1) is 0 Å². The molecule has 1 aromatic rings. The Morgan fingerprint density at radius 2 is 1.93 bits per heavy atom. The molecule has 144 valence electrons. The van der Waals surface area contributed by atoms with Gasteiger partial charge < -0.3 is 15.4 Å². The van der Waals surface area contributed by atoms with Crippen molar-refractivity contribution in [3.63, 3.8) is 0 Å². The number of nitrogens with zero attached hydrogens (tertiary/aromatic N) is 2. The van der Waals surface area contributed by atoms with Gasteiger partial charge in [0.05, 0.1) is 5.69 Å². The van der Waals surface area contributed by atoms with Crippen molar-refractivity contribution in [2.24, 2.45) is 11.7 Å². The maximum absolute atomic E-state index is 12.7. The second-order valence-electron chi connectivity index (χ2n) is 6.79. The van der Waals surface area contributed by atoms with Crippen molar-refractivity contribution in [1.82, 2.24) is 4.90 Å². The van der Waals surface area contributed by atoms with Crippen LogP contribution in [0.5, 0.6) is 5.75 Å². The van der Waals surface area contributed by atoms with E-state index in [1.807, 2.05) is 0 Å². The average molecular weight is 373 g/mol. The van der Waals surface area contributed by atoms with Crippen LogP contribution in [0.2, 0.25) is 0 Å². The van der Waals surface area contributed by atoms with Gasteiger partial charge in [0.2, 0.25) is 11.8 Å². The van der Waals surface area contributed by atoms with Crippen LogP contribution in [-0.4, -0.2) is 54.6 Å². The van der Waals surface area contributed by atoms with E-state index in [9.17, 15) is 19.2 Å². The SMILES string of the molecule is CCC(=O)c1ccc2c(c1)N(CC(=O)N1CCC(C(N)=O)CC1)C(=O)CO2. The van der Waals surface area contributed by atoms with E-state index in [4.69, 9.17) is 10.5 Å². The second kappa shape index (κ2) is 7.77. The minimum absolute atomic E-state index is 0.0457. The molecule has 2 heterocycles. The smallest absolute Gasteiger partial charge is 0.265 e. The highest BCUT2D eigenvalue weighted by Crippen LogP contribution is 2.33. The molecule has 1 aromatic carbocycles. The van der Waals surface area contributed by atoms with Crippen molar-refractivity contribution in [1.29, 1.82) is 0 Å². The van der Waals surface area contributed by atoms with E-state index in [1.54, 1.807) is 30.0 Å². The lowest BCUT2D eigenvalue weighted by Gasteiger charge is -2.34. The first-order chi connectivity index (χ1) is 12.9. The monoisotopic (exact) mass is 373 g/mol. The molecule has 2 N–H and O–H groups in total. The van der Waals surface area contributed by atoms with Gasteiger partial charge in [0.15, 0.2) is 12.4 Å². The fraction of sp³-hybridized carbons (Fsp3) is 0.474. The van der Waals surface area contributed by atoms with Gasteiger partial charge in [-0.05, 0) is 31.0 Å². The Labute approximate surface area is 157 Å². The molecular formula is C19H23N3O5. The highest BCUT2D eigenvalue weighted by Gasteiger charge is 2.31. The molecule has 3 amide bonds. The van der Waals surface area contributed by atoms with E-state index in [2.05, 4.69) is 0 Å². The third-order valence-electron chi connectivity index (χ3n) is 5.09. The summed E-state index contributed by atoms with van der Waals surface area (Å²) in [7, 11) is 0. The van der Waals surface area contributed by atoms with Crippen LogP contribution >= 0.6 is 0 Å². The standard InChI is InChI=1S/C19H23N3O5/c1-2-15(23)13-3-4-16-14(9-13)22(18(25)11-27-16)10-17(24)21-7-5-12(6-8-21)19(20)26/h3-4,9,12H,2,5-8,10-11H2,1H3,(H2,20,26). The molecule has 0 radical (unpaired) electrons. The molecule has 0 unspecified atom stereocenters. The number of primary amides is 1. The third kappa shape index (κ3) is 3.94. The Morgan fingerprint density at radius 1 is 1.22 bits per heavy atom. The lowest BCUT2D eigenvalue weighted by atomic mass is 9.96. The van der Waals surface area contributed by atoms with Crippen molar-refractivity contribution >= 4 is 29.2 Å². The Hall–Kier alpha value is -2.90.